The lowest BCUT2D eigenvalue weighted by atomic mass is 9.84. The molecule has 2 aliphatic heterocycles. The summed E-state index contributed by atoms with van der Waals surface area (Å²) in [7, 11) is 5.42. The van der Waals surface area contributed by atoms with Gasteiger partial charge in [0, 0.05) is 119 Å². The van der Waals surface area contributed by atoms with E-state index in [4.69, 9.17) is 14.7 Å². The van der Waals surface area contributed by atoms with Crippen molar-refractivity contribution in [3.05, 3.63) is 60.8 Å². The van der Waals surface area contributed by atoms with E-state index in [1.807, 2.05) is 76.3 Å². The predicted molar refractivity (Wildman–Crippen MR) is 449 cm³/mol. The van der Waals surface area contributed by atoms with Gasteiger partial charge in [0.2, 0.25) is 17.4 Å². The number of aliphatic hydroxyl groups is 3. The van der Waals surface area contributed by atoms with E-state index < -0.39 is 77.0 Å². The fraction of sp³-hybridized carbons (Fsp3) is 0.778. The Labute approximate surface area is 721 Å². The second-order valence-corrected chi connectivity index (χ2v) is 34.5. The second kappa shape index (κ2) is 59.3. The topological polar surface area (TPSA) is 316 Å². The number of ketones is 5. The number of allylic oxidation sites excluding steroid dienone is 10. The molecule has 13 atom stereocenters. The highest BCUT2D eigenvalue weighted by Gasteiger charge is 2.60. The molecule has 694 valence electrons. The van der Waals surface area contributed by atoms with Crippen LogP contribution < -0.4 is 0 Å². The molecule has 21 nitrogen and oxygen atoms in total. The molecule has 0 aromatic heterocycles. The number of halogens is 8. The summed E-state index contributed by atoms with van der Waals surface area (Å²) in [4.78, 5) is 115. The third-order valence-electron chi connectivity index (χ3n) is 23.3. The van der Waals surface area contributed by atoms with Gasteiger partial charge in [0.25, 0.3) is 5.92 Å². The molecule has 2 heterocycles. The Kier molecular flexibility index (Phi) is 54.6. The average Bonchev–Trinajstić information content (AvgIpc) is 1.68. The normalized spacial score (nSPS) is 24.5. The molecule has 2 saturated heterocycles. The third kappa shape index (κ3) is 40.2. The first-order valence-corrected chi connectivity index (χ1v) is 45.0. The van der Waals surface area contributed by atoms with Crippen LogP contribution in [0.15, 0.2) is 60.8 Å². The summed E-state index contributed by atoms with van der Waals surface area (Å²) in [6.45, 7) is 8.90. The largest absolute Gasteiger partial charge is 0.469 e. The molecule has 0 spiro atoms. The van der Waals surface area contributed by atoms with Crippen LogP contribution in [0, 0.1) is 47.3 Å². The lowest BCUT2D eigenvalue weighted by Gasteiger charge is -2.43. The Hall–Kier alpha value is -5.70. The predicted octanol–water partition coefficient (Wildman–Crippen LogP) is 19.5. The summed E-state index contributed by atoms with van der Waals surface area (Å²) in [5.74, 6) is -19.8. The Morgan fingerprint density at radius 1 is 0.521 bits per heavy atom. The number of aliphatic hydroxyl groups excluding tert-OH is 2. The van der Waals surface area contributed by atoms with Gasteiger partial charge in [-0.1, -0.05) is 121 Å². The van der Waals surface area contributed by atoms with E-state index in [-0.39, 0.29) is 176 Å². The molecule has 4 N–H and O–H groups in total. The zero-order valence-corrected chi connectivity index (χ0v) is 74.4. The van der Waals surface area contributed by atoms with E-state index in [9.17, 15) is 89.6 Å². The fourth-order valence-corrected chi connectivity index (χ4v) is 18.2. The highest BCUT2D eigenvalue weighted by molar-refractivity contribution is 8.01. The van der Waals surface area contributed by atoms with Crippen LogP contribution in [0.4, 0.5) is 35.1 Å². The van der Waals surface area contributed by atoms with Gasteiger partial charge in [0.05, 0.1) is 53.9 Å². The van der Waals surface area contributed by atoms with Crippen LogP contribution in [0.1, 0.15) is 298 Å². The van der Waals surface area contributed by atoms with Gasteiger partial charge in [-0.15, -0.1) is 11.8 Å². The lowest BCUT2D eigenvalue weighted by Crippen LogP contribution is -2.50. The van der Waals surface area contributed by atoms with Crippen LogP contribution in [0.5, 0.6) is 0 Å². The molecule has 31 heteroatoms. The Morgan fingerprint density at radius 2 is 0.942 bits per heavy atom. The second-order valence-electron chi connectivity index (χ2n) is 32.3. The highest BCUT2D eigenvalue weighted by atomic mass is 32.2. The SMILES string of the molecule is CC(=O)OO.CCCCC(F)(F)C(=O)CCC1C(S)CC(=O)[C@@H]1C/C=C\CCCC(=O)OC.CCCCC(F)(F)C(=O)CCC1C=CC(=O)[C@@H]1C/C=C\CCCC(=O)OC.CCCCC(F)(F)C1(O)CC[C@H]2[C@@H](CC(=O)[C@@H]2C/C=C\CCCC(=O)OC)S1.CCCCCCC(F)(F)C1(CCC2C(O)CC(O)[C@@H]2C/C=C\CCCC(=O)OC)OCCO1. The number of hydrogen-bond donors (Lipinski definition) is 5. The number of methoxy groups -OCH3 is 4. The van der Waals surface area contributed by atoms with Crippen molar-refractivity contribution in [2.45, 2.75) is 355 Å². The van der Waals surface area contributed by atoms with Crippen LogP contribution in [0.3, 0.4) is 0 Å². The molecule has 121 heavy (non-hydrogen) atoms. The molecule has 3 saturated carbocycles. The van der Waals surface area contributed by atoms with E-state index in [1.54, 1.807) is 6.08 Å². The van der Waals surface area contributed by atoms with E-state index in [1.165, 1.54) is 34.5 Å². The van der Waals surface area contributed by atoms with E-state index >= 15 is 8.78 Å². The molecule has 6 rings (SSSR count). The summed E-state index contributed by atoms with van der Waals surface area (Å²) in [6, 6.07) is 0. The Balaban J connectivity index is 0.000000537. The number of fused-ring (bicyclic) bond motifs is 1. The zero-order chi connectivity index (χ0) is 90.8. The number of hydrogen-bond acceptors (Lipinski definition) is 23. The summed E-state index contributed by atoms with van der Waals surface area (Å²) in [5, 5.41) is 38.5. The zero-order valence-electron chi connectivity index (χ0n) is 72.7. The van der Waals surface area contributed by atoms with Crippen molar-refractivity contribution in [3.8, 4) is 0 Å². The molecular weight excluding hydrogens is 1630 g/mol. The molecule has 6 aliphatic rings. The van der Waals surface area contributed by atoms with Crippen LogP contribution in [0.25, 0.3) is 0 Å². The van der Waals surface area contributed by atoms with Gasteiger partial charge in [-0.2, -0.15) is 35.4 Å². The van der Waals surface area contributed by atoms with Gasteiger partial charge >= 0.3 is 47.6 Å². The standard InChI is InChI=1S/C25H42F2O6.2C21H32F2O4S.C21H30F2O4.C2H4O3/c1-3-4-5-10-14-24(26,27)25(32-16-17-33-25)15-13-20-19(21(28)18-22(20)29)11-8-6-7-9-12-23(30)31-2;1-3-4-12-20(22,23)21(26)13-11-16-15(17(24)14-18(16)28-21)9-7-5-6-8-10-19(25)27-2;1-3-4-13-21(22,23)19(25)12-11-16-15(17(24)14-18(16)28)9-7-5-6-8-10-20(26)27-2;1-3-4-15-21(22,23)19(25)14-12-16-11-13-18(24)17(16)9-7-5-6-8-10-20(26)27-2;1-2(3)5-4/h6,8,19-22,28-29H,3-5,7,9-18H2,1-2H3;5,7,15-16,18,26H,3-4,6,8-14H2,1-2H3;5,7,15-16,18,28H,3-4,6,8-14H2,1-2H3;5,7,11,13,16-17H,3-4,6,8-10,12,14-15H2,1-2H3;4H,1H3/b8-6-;3*7-5-;/t19-,20?,21?,22?;15-,16-,18-,21?;15-,16?,18?;16?,17-;/m1111./s1. The smallest absolute Gasteiger partial charge is 0.339 e. The van der Waals surface area contributed by atoms with Gasteiger partial charge in [0.15, 0.2) is 10.7 Å². The van der Waals surface area contributed by atoms with Crippen LogP contribution in [-0.4, -0.2) is 178 Å². The highest BCUT2D eigenvalue weighted by Crippen LogP contribution is 2.57. The summed E-state index contributed by atoms with van der Waals surface area (Å²) >= 11 is 5.39. The molecule has 0 radical (unpaired) electrons. The maximum Gasteiger partial charge on any atom is 0.339 e. The van der Waals surface area contributed by atoms with E-state index in [2.05, 4.69) is 36.5 Å². The van der Waals surface area contributed by atoms with Crippen molar-refractivity contribution in [1.82, 2.24) is 0 Å². The van der Waals surface area contributed by atoms with E-state index in [0.29, 0.717) is 161 Å². The van der Waals surface area contributed by atoms with Crippen molar-refractivity contribution < 1.29 is 137 Å². The number of thioether (sulfide) groups is 1. The molecular formula is C90H140F8O21S2. The average molecular weight is 1770 g/mol. The first-order valence-electron chi connectivity index (χ1n) is 43.6. The van der Waals surface area contributed by atoms with Crippen molar-refractivity contribution in [1.29, 1.82) is 0 Å². The van der Waals surface area contributed by atoms with E-state index in [0.717, 1.165) is 44.4 Å². The van der Waals surface area contributed by atoms with Crippen molar-refractivity contribution in [3.63, 3.8) is 0 Å². The molecule has 4 aliphatic carbocycles. The fourth-order valence-electron chi connectivity index (χ4n) is 15.9. The van der Waals surface area contributed by atoms with Crippen molar-refractivity contribution >= 4 is 83.2 Å². The number of esters is 4. The van der Waals surface area contributed by atoms with Crippen LogP contribution in [0.2, 0.25) is 0 Å². The van der Waals surface area contributed by atoms with Crippen LogP contribution in [-0.2, 0) is 81.3 Å². The quantitative estimate of drug-likeness (QED) is 0.00552. The van der Waals surface area contributed by atoms with Crippen molar-refractivity contribution in [2.75, 3.05) is 41.7 Å². The number of rotatable bonds is 51. The monoisotopic (exact) mass is 1770 g/mol. The Morgan fingerprint density at radius 3 is 1.40 bits per heavy atom. The first kappa shape index (κ1) is 111. The molecule has 5 fully saturated rings. The van der Waals surface area contributed by atoms with Gasteiger partial charge < -0.3 is 48.6 Å². The maximum atomic E-state index is 15.2. The van der Waals surface area contributed by atoms with Crippen LogP contribution >= 0.6 is 24.4 Å². The molecule has 0 aromatic rings. The van der Waals surface area contributed by atoms with Gasteiger partial charge in [-0.05, 0) is 177 Å². The minimum Gasteiger partial charge on any atom is -0.469 e. The minimum atomic E-state index is -3.28. The molecule has 0 bridgehead atoms. The summed E-state index contributed by atoms with van der Waals surface area (Å²) < 4.78 is 144. The number of thiol groups is 1. The summed E-state index contributed by atoms with van der Waals surface area (Å²) in [6.07, 6.45) is 32.7. The molecule has 7 unspecified atom stereocenters. The van der Waals surface area contributed by atoms with Gasteiger partial charge in [-0.3, -0.25) is 43.2 Å². The number of ether oxygens (including phenoxy) is 6. The van der Waals surface area contributed by atoms with Gasteiger partial charge in [-0.25, -0.2) is 22.4 Å². The summed E-state index contributed by atoms with van der Waals surface area (Å²) in [5.41, 5.74) is 0. The molecule has 0 amide bonds. The number of unbranched alkanes of at least 4 members (excludes halogenated alkanes) is 10. The van der Waals surface area contributed by atoms with Gasteiger partial charge in [0.1, 0.15) is 11.6 Å². The number of carbonyl (C=O) groups excluding carboxylic acids is 10. The number of Topliss-reactive ketones (excluding diaryl/α,β-unsaturated/α-hetero) is 4. The lowest BCUT2D eigenvalue weighted by molar-refractivity contribution is -0.297. The third-order valence-corrected chi connectivity index (χ3v) is 25.6. The maximum absolute atomic E-state index is 15.2. The number of alkyl halides is 8. The first-order chi connectivity index (χ1) is 57.3. The van der Waals surface area contributed by atoms with Crippen molar-refractivity contribution in [2.24, 2.45) is 47.3 Å². The number of carbonyl (C=O) groups is 10. The Bertz CT molecular complexity index is 3250. The minimum absolute atomic E-state index is 0.0123. The molecule has 0 aromatic carbocycles.